The van der Waals surface area contributed by atoms with Crippen LogP contribution < -0.4 is 10.1 Å². The van der Waals surface area contributed by atoms with E-state index in [4.69, 9.17) is 17.0 Å². The van der Waals surface area contributed by atoms with Gasteiger partial charge in [-0.1, -0.05) is 48.2 Å². The van der Waals surface area contributed by atoms with Crippen LogP contribution in [0.1, 0.15) is 11.1 Å². The van der Waals surface area contributed by atoms with Crippen molar-refractivity contribution < 1.29 is 13.9 Å². The van der Waals surface area contributed by atoms with Gasteiger partial charge < -0.3 is 10.1 Å². The number of carbonyl (C=O) groups excluding carboxylic acids is 1. The van der Waals surface area contributed by atoms with E-state index >= 15 is 0 Å². The van der Waals surface area contributed by atoms with Crippen molar-refractivity contribution in [2.45, 2.75) is 6.61 Å². The van der Waals surface area contributed by atoms with Gasteiger partial charge in [-0.3, -0.25) is 4.79 Å². The van der Waals surface area contributed by atoms with Gasteiger partial charge in [0.1, 0.15) is 22.5 Å². The number of hydrogen-bond donors (Lipinski definition) is 1. The highest BCUT2D eigenvalue weighted by molar-refractivity contribution is 8.26. The van der Waals surface area contributed by atoms with Crippen molar-refractivity contribution in [3.05, 3.63) is 70.4 Å². The van der Waals surface area contributed by atoms with E-state index in [-0.39, 0.29) is 11.7 Å². The minimum absolute atomic E-state index is 0.170. The zero-order valence-electron chi connectivity index (χ0n) is 11.9. The Morgan fingerprint density at radius 1 is 1.13 bits per heavy atom. The van der Waals surface area contributed by atoms with Crippen LogP contribution >= 0.6 is 24.0 Å². The van der Waals surface area contributed by atoms with Crippen molar-refractivity contribution in [2.75, 3.05) is 0 Å². The molecule has 1 N–H and O–H groups in total. The summed E-state index contributed by atoms with van der Waals surface area (Å²) in [6.45, 7) is 0.368. The van der Waals surface area contributed by atoms with E-state index in [0.29, 0.717) is 21.6 Å². The Hall–Kier alpha value is -2.18. The molecule has 0 aromatic heterocycles. The van der Waals surface area contributed by atoms with Crippen LogP contribution in [0.25, 0.3) is 6.08 Å². The summed E-state index contributed by atoms with van der Waals surface area (Å²) in [5, 5.41) is 2.58. The molecule has 0 saturated carbocycles. The third-order valence-corrected chi connectivity index (χ3v) is 4.30. The standard InChI is InChI=1S/C17H12FNO2S2/c18-13-5-1-12(2-6-13)10-21-14-7-3-11(4-8-14)9-15-16(20)19-17(22)23-15/h1-9H,10H2,(H,19,20,22)/b15-9-. The zero-order valence-corrected chi connectivity index (χ0v) is 13.5. The lowest BCUT2D eigenvalue weighted by Crippen LogP contribution is -2.17. The van der Waals surface area contributed by atoms with E-state index < -0.39 is 0 Å². The van der Waals surface area contributed by atoms with Crippen LogP contribution in [-0.2, 0) is 11.4 Å². The number of benzene rings is 2. The highest BCUT2D eigenvalue weighted by atomic mass is 32.2. The van der Waals surface area contributed by atoms with Crippen molar-refractivity contribution >= 4 is 40.3 Å². The molecule has 2 aromatic carbocycles. The second kappa shape index (κ2) is 6.93. The van der Waals surface area contributed by atoms with Gasteiger partial charge in [-0.25, -0.2) is 4.39 Å². The quantitative estimate of drug-likeness (QED) is 0.674. The number of nitrogens with one attached hydrogen (secondary N) is 1. The molecule has 0 atom stereocenters. The van der Waals surface area contributed by atoms with Crippen LogP contribution in [0.3, 0.4) is 0 Å². The maximum atomic E-state index is 12.8. The third kappa shape index (κ3) is 4.18. The van der Waals surface area contributed by atoms with Crippen molar-refractivity contribution in [1.29, 1.82) is 0 Å². The van der Waals surface area contributed by atoms with Gasteiger partial charge in [-0.05, 0) is 41.5 Å². The molecule has 0 spiro atoms. The van der Waals surface area contributed by atoms with Crippen LogP contribution in [0, 0.1) is 5.82 Å². The molecule has 1 aliphatic rings. The van der Waals surface area contributed by atoms with Crippen LogP contribution in [0.5, 0.6) is 5.75 Å². The maximum absolute atomic E-state index is 12.8. The van der Waals surface area contributed by atoms with Crippen LogP contribution in [0.4, 0.5) is 4.39 Å². The predicted molar refractivity (Wildman–Crippen MR) is 93.5 cm³/mol. The number of ether oxygens (including phenoxy) is 1. The summed E-state index contributed by atoms with van der Waals surface area (Å²) < 4.78 is 18.9. The minimum atomic E-state index is -0.264. The number of hydrogen-bond acceptors (Lipinski definition) is 4. The number of carbonyl (C=O) groups is 1. The topological polar surface area (TPSA) is 38.3 Å². The number of halogens is 1. The molecule has 1 amide bonds. The molecule has 0 unspecified atom stereocenters. The van der Waals surface area contributed by atoms with Crippen molar-refractivity contribution in [1.82, 2.24) is 5.32 Å². The zero-order chi connectivity index (χ0) is 16.2. The maximum Gasteiger partial charge on any atom is 0.263 e. The molecule has 1 heterocycles. The molecule has 1 saturated heterocycles. The second-order valence-corrected chi connectivity index (χ2v) is 6.56. The van der Waals surface area contributed by atoms with E-state index in [1.807, 2.05) is 24.3 Å². The Kier molecular flexibility index (Phi) is 4.73. The van der Waals surface area contributed by atoms with Gasteiger partial charge in [-0.2, -0.15) is 0 Å². The van der Waals surface area contributed by atoms with E-state index in [0.717, 1.165) is 11.1 Å². The second-order valence-electron chi connectivity index (χ2n) is 4.84. The van der Waals surface area contributed by atoms with E-state index in [2.05, 4.69) is 5.32 Å². The Morgan fingerprint density at radius 3 is 2.43 bits per heavy atom. The molecule has 0 aliphatic carbocycles. The largest absolute Gasteiger partial charge is 0.489 e. The van der Waals surface area contributed by atoms with Gasteiger partial charge in [0.25, 0.3) is 5.91 Å². The Balaban J connectivity index is 1.63. The first-order chi connectivity index (χ1) is 11.1. The lowest BCUT2D eigenvalue weighted by Gasteiger charge is -2.06. The highest BCUT2D eigenvalue weighted by Gasteiger charge is 2.21. The molecule has 116 valence electrons. The van der Waals surface area contributed by atoms with E-state index in [9.17, 15) is 9.18 Å². The predicted octanol–water partition coefficient (Wildman–Crippen LogP) is 3.89. The van der Waals surface area contributed by atoms with Gasteiger partial charge in [0.2, 0.25) is 0 Å². The third-order valence-electron chi connectivity index (χ3n) is 3.14. The summed E-state index contributed by atoms with van der Waals surface area (Å²) in [4.78, 5) is 12.2. The Bertz CT molecular complexity index is 770. The summed E-state index contributed by atoms with van der Waals surface area (Å²) in [6, 6.07) is 13.6. The molecule has 23 heavy (non-hydrogen) atoms. The molecule has 3 nitrogen and oxygen atoms in total. The van der Waals surface area contributed by atoms with Crippen LogP contribution in [-0.4, -0.2) is 10.2 Å². The van der Waals surface area contributed by atoms with Crippen LogP contribution in [0.15, 0.2) is 53.4 Å². The average molecular weight is 345 g/mol. The summed E-state index contributed by atoms with van der Waals surface area (Å²) in [5.41, 5.74) is 1.78. The Morgan fingerprint density at radius 2 is 1.83 bits per heavy atom. The molecule has 0 radical (unpaired) electrons. The Labute approximate surface area is 142 Å². The number of rotatable bonds is 4. The molecule has 0 bridgehead atoms. The van der Waals surface area contributed by atoms with Gasteiger partial charge >= 0.3 is 0 Å². The SMILES string of the molecule is O=C1NC(=S)S/C1=C\c1ccc(OCc2ccc(F)cc2)cc1. The minimum Gasteiger partial charge on any atom is -0.489 e. The summed E-state index contributed by atoms with van der Waals surface area (Å²) in [5.74, 6) is 0.270. The first kappa shape index (κ1) is 15.7. The van der Waals surface area contributed by atoms with Crippen molar-refractivity contribution in [3.63, 3.8) is 0 Å². The number of amides is 1. The molecule has 2 aromatic rings. The van der Waals surface area contributed by atoms with E-state index in [1.165, 1.54) is 23.9 Å². The molecule has 3 rings (SSSR count). The normalized spacial score (nSPS) is 15.8. The van der Waals surface area contributed by atoms with Crippen LogP contribution in [0.2, 0.25) is 0 Å². The van der Waals surface area contributed by atoms with Crippen molar-refractivity contribution in [3.8, 4) is 5.75 Å². The summed E-state index contributed by atoms with van der Waals surface area (Å²) in [6.07, 6.45) is 1.78. The lowest BCUT2D eigenvalue weighted by atomic mass is 10.2. The first-order valence-electron chi connectivity index (χ1n) is 6.82. The average Bonchev–Trinajstić information content (AvgIpc) is 2.86. The molecule has 1 aliphatic heterocycles. The fourth-order valence-corrected chi connectivity index (χ4v) is 3.02. The summed E-state index contributed by atoms with van der Waals surface area (Å²) in [7, 11) is 0. The molecular weight excluding hydrogens is 333 g/mol. The fourth-order valence-electron chi connectivity index (χ4n) is 1.98. The summed E-state index contributed by atoms with van der Waals surface area (Å²) >= 11 is 6.20. The number of thiocarbonyl (C=S) groups is 1. The lowest BCUT2D eigenvalue weighted by molar-refractivity contribution is -0.115. The van der Waals surface area contributed by atoms with Crippen molar-refractivity contribution in [2.24, 2.45) is 0 Å². The monoisotopic (exact) mass is 345 g/mol. The molecule has 6 heteroatoms. The fraction of sp³-hybridized carbons (Fsp3) is 0.0588. The smallest absolute Gasteiger partial charge is 0.263 e. The number of thioether (sulfide) groups is 1. The van der Waals surface area contributed by atoms with Gasteiger partial charge in [0, 0.05) is 0 Å². The molecular formula is C17H12FNO2S2. The highest BCUT2D eigenvalue weighted by Crippen LogP contribution is 2.26. The van der Waals surface area contributed by atoms with E-state index in [1.54, 1.807) is 18.2 Å². The van der Waals surface area contributed by atoms with Gasteiger partial charge in [0.05, 0.1) is 4.91 Å². The van der Waals surface area contributed by atoms with Gasteiger partial charge in [-0.15, -0.1) is 0 Å². The molecule has 1 fully saturated rings. The van der Waals surface area contributed by atoms with Gasteiger partial charge in [0.15, 0.2) is 0 Å². The first-order valence-corrected chi connectivity index (χ1v) is 8.05.